The van der Waals surface area contributed by atoms with Gasteiger partial charge in [0.05, 0.1) is 27.2 Å². The first kappa shape index (κ1) is 32.4. The number of alkyl halides is 3. The summed E-state index contributed by atoms with van der Waals surface area (Å²) in [4.78, 5) is 8.78. The van der Waals surface area contributed by atoms with E-state index in [-0.39, 0.29) is 0 Å². The summed E-state index contributed by atoms with van der Waals surface area (Å²) in [6.45, 7) is 5.14. The highest BCUT2D eigenvalue weighted by atomic mass is 19.4. The fourth-order valence-electron chi connectivity index (χ4n) is 3.50. The van der Waals surface area contributed by atoms with E-state index in [1.807, 2.05) is 0 Å². The number of carboxylic acids is 1. The van der Waals surface area contributed by atoms with E-state index in [1.54, 1.807) is 0 Å². The van der Waals surface area contributed by atoms with Crippen LogP contribution in [0.15, 0.2) is 0 Å². The van der Waals surface area contributed by atoms with E-state index in [0.717, 1.165) is 17.3 Å². The number of carbonyl (C=O) groups is 1. The molecular formula is C24H48F3NO3. The Morgan fingerprint density at radius 3 is 1.29 bits per heavy atom. The van der Waals surface area contributed by atoms with Crippen LogP contribution in [0.25, 0.3) is 0 Å². The Balaban J connectivity index is 0. The van der Waals surface area contributed by atoms with Crippen LogP contribution in [0.5, 0.6) is 0 Å². The Bertz CT molecular complexity index is 402. The summed E-state index contributed by atoms with van der Waals surface area (Å²) in [5.41, 5.74) is 0. The summed E-state index contributed by atoms with van der Waals surface area (Å²) in [5, 5.41) is 17.6. The summed E-state index contributed by atoms with van der Waals surface area (Å²) < 4.78 is 32.7. The lowest BCUT2D eigenvalue weighted by molar-refractivity contribution is -0.890. The number of aliphatic hydroxyl groups is 1. The van der Waals surface area contributed by atoms with Gasteiger partial charge in [0, 0.05) is 6.61 Å². The molecule has 0 heterocycles. The summed E-state index contributed by atoms with van der Waals surface area (Å²) in [5.74, 6) is -3.01. The summed E-state index contributed by atoms with van der Waals surface area (Å²) in [6.07, 6.45) is 17.0. The van der Waals surface area contributed by atoms with Crippen LogP contribution in [0, 0.1) is 0 Å². The summed E-state index contributed by atoms with van der Waals surface area (Å²) in [7, 11) is 4.67. The molecule has 0 saturated heterocycles. The van der Waals surface area contributed by atoms with Crippen LogP contribution in [0.3, 0.4) is 0 Å². The van der Waals surface area contributed by atoms with Gasteiger partial charge >= 0.3 is 6.18 Å². The molecule has 0 atom stereocenters. The lowest BCUT2D eigenvalue weighted by atomic mass is 10.0. The molecular weight excluding hydrogens is 407 g/mol. The van der Waals surface area contributed by atoms with Crippen molar-refractivity contribution in [2.75, 3.05) is 33.8 Å². The summed E-state index contributed by atoms with van der Waals surface area (Å²) >= 11 is 0. The van der Waals surface area contributed by atoms with Crippen LogP contribution < -0.4 is 5.11 Å². The first-order valence-electron chi connectivity index (χ1n) is 12.3. The van der Waals surface area contributed by atoms with Gasteiger partial charge in [0.25, 0.3) is 0 Å². The van der Waals surface area contributed by atoms with Crippen LogP contribution in [-0.2, 0) is 4.79 Å². The molecule has 0 aromatic rings. The zero-order valence-corrected chi connectivity index (χ0v) is 20.3. The molecule has 0 bridgehead atoms. The summed E-state index contributed by atoms with van der Waals surface area (Å²) in [6, 6.07) is 0. The van der Waals surface area contributed by atoms with E-state index >= 15 is 0 Å². The predicted molar refractivity (Wildman–Crippen MR) is 120 cm³/mol. The molecule has 0 rings (SSSR count). The monoisotopic (exact) mass is 455 g/mol. The molecule has 0 aliphatic heterocycles. The fraction of sp³-hybridized carbons (Fsp3) is 0.958. The van der Waals surface area contributed by atoms with Crippen molar-refractivity contribution in [3.05, 3.63) is 0 Å². The molecule has 0 radical (unpaired) electrons. The Kier molecular flexibility index (Phi) is 22.0. The number of carbonyl (C=O) groups excluding carboxylic acids is 1. The van der Waals surface area contributed by atoms with Crippen LogP contribution in [0.1, 0.15) is 110 Å². The van der Waals surface area contributed by atoms with Gasteiger partial charge in [-0.1, -0.05) is 84.0 Å². The highest BCUT2D eigenvalue weighted by Gasteiger charge is 2.28. The molecule has 31 heavy (non-hydrogen) atoms. The number of aliphatic carboxylic acids is 1. The lowest BCUT2D eigenvalue weighted by Gasteiger charge is -2.29. The number of unbranched alkanes of at least 4 members (excludes halogenated alkanes) is 14. The van der Waals surface area contributed by atoms with Crippen LogP contribution in [0.2, 0.25) is 0 Å². The average Bonchev–Trinajstić information content (AvgIpc) is 2.68. The number of nitrogens with zero attached hydrogens (tertiary/aromatic N) is 1. The Hall–Kier alpha value is -0.820. The number of hydrogen-bond donors (Lipinski definition) is 1. The van der Waals surface area contributed by atoms with Crippen molar-refractivity contribution in [3.8, 4) is 0 Å². The van der Waals surface area contributed by atoms with Gasteiger partial charge in [-0.3, -0.25) is 0 Å². The molecule has 7 heteroatoms. The normalized spacial score (nSPS) is 11.8. The molecule has 0 aliphatic rings. The number of aliphatic hydroxyl groups excluding tert-OH is 1. The minimum Gasteiger partial charge on any atom is -0.542 e. The number of quaternary nitrogens is 1. The first-order chi connectivity index (χ1) is 14.6. The van der Waals surface area contributed by atoms with Gasteiger partial charge in [0.1, 0.15) is 5.97 Å². The van der Waals surface area contributed by atoms with E-state index < -0.39 is 12.1 Å². The fourth-order valence-corrected chi connectivity index (χ4v) is 3.50. The Morgan fingerprint density at radius 2 is 1.00 bits per heavy atom. The van der Waals surface area contributed by atoms with Gasteiger partial charge in [-0.2, -0.15) is 13.2 Å². The van der Waals surface area contributed by atoms with Gasteiger partial charge in [-0.15, -0.1) is 0 Å². The van der Waals surface area contributed by atoms with E-state index in [1.165, 1.54) is 103 Å². The highest BCUT2D eigenvalue weighted by molar-refractivity contribution is 5.70. The molecule has 0 fully saturated rings. The van der Waals surface area contributed by atoms with Crippen molar-refractivity contribution < 1.29 is 32.7 Å². The Morgan fingerprint density at radius 1 is 0.710 bits per heavy atom. The van der Waals surface area contributed by atoms with Crippen molar-refractivity contribution in [1.29, 1.82) is 0 Å². The third-order valence-electron chi connectivity index (χ3n) is 5.52. The zero-order chi connectivity index (χ0) is 24.0. The SMILES string of the molecule is CCCCCCCCCCCCCCCC[N+](C)(C)CCCCO.O=C([O-])C(F)(F)F. The minimum atomic E-state index is -5.19. The van der Waals surface area contributed by atoms with Gasteiger partial charge in [-0.05, 0) is 25.7 Å². The van der Waals surface area contributed by atoms with Crippen LogP contribution in [0.4, 0.5) is 13.2 Å². The second kappa shape index (κ2) is 21.0. The van der Waals surface area contributed by atoms with Gasteiger partial charge in [0.15, 0.2) is 0 Å². The molecule has 0 aromatic heterocycles. The molecule has 0 aliphatic carbocycles. The maximum Gasteiger partial charge on any atom is 0.430 e. The maximum absolute atomic E-state index is 10.5. The highest BCUT2D eigenvalue weighted by Crippen LogP contribution is 2.14. The van der Waals surface area contributed by atoms with Crippen molar-refractivity contribution in [1.82, 2.24) is 0 Å². The van der Waals surface area contributed by atoms with Crippen molar-refractivity contribution in [3.63, 3.8) is 0 Å². The largest absolute Gasteiger partial charge is 0.542 e. The molecule has 0 saturated carbocycles. The van der Waals surface area contributed by atoms with E-state index in [0.29, 0.717) is 6.61 Å². The third-order valence-corrected chi connectivity index (χ3v) is 5.52. The number of halogens is 3. The molecule has 4 nitrogen and oxygen atoms in total. The molecule has 1 N–H and O–H groups in total. The number of rotatable bonds is 19. The topological polar surface area (TPSA) is 60.4 Å². The first-order valence-corrected chi connectivity index (χ1v) is 12.3. The Labute approximate surface area is 188 Å². The van der Waals surface area contributed by atoms with Crippen molar-refractivity contribution in [2.24, 2.45) is 0 Å². The quantitative estimate of drug-likeness (QED) is 0.203. The second-order valence-electron chi connectivity index (χ2n) is 9.20. The number of carboxylic acid groups (broad SMARTS) is 1. The van der Waals surface area contributed by atoms with E-state index in [4.69, 9.17) is 15.0 Å². The van der Waals surface area contributed by atoms with Crippen LogP contribution >= 0.6 is 0 Å². The van der Waals surface area contributed by atoms with E-state index in [9.17, 15) is 13.2 Å². The van der Waals surface area contributed by atoms with Gasteiger partial charge < -0.3 is 19.5 Å². The van der Waals surface area contributed by atoms with Crippen molar-refractivity contribution >= 4 is 5.97 Å². The molecule has 0 amide bonds. The smallest absolute Gasteiger partial charge is 0.430 e. The zero-order valence-electron chi connectivity index (χ0n) is 20.3. The molecule has 188 valence electrons. The molecule has 0 unspecified atom stereocenters. The average molecular weight is 456 g/mol. The molecule has 0 aromatic carbocycles. The molecule has 0 spiro atoms. The van der Waals surface area contributed by atoms with Crippen molar-refractivity contribution in [2.45, 2.75) is 116 Å². The second-order valence-corrected chi connectivity index (χ2v) is 9.20. The van der Waals surface area contributed by atoms with Gasteiger partial charge in [-0.25, -0.2) is 0 Å². The lowest BCUT2D eigenvalue weighted by Crippen LogP contribution is -2.41. The van der Waals surface area contributed by atoms with E-state index in [2.05, 4.69) is 21.0 Å². The standard InChI is InChI=1S/C22H48NO.C2HF3O2/c1-4-5-6-7-8-9-10-11-12-13-14-15-16-17-20-23(2,3)21-18-19-22-24;3-2(4,5)1(6)7/h24H,4-22H2,1-3H3;(H,6,7)/q+1;/p-1. The van der Waals surface area contributed by atoms with Crippen LogP contribution in [-0.4, -0.2) is 55.5 Å². The predicted octanol–water partition coefficient (Wildman–Crippen LogP) is 5.62. The number of hydrogen-bond acceptors (Lipinski definition) is 3. The van der Waals surface area contributed by atoms with Gasteiger partial charge in [0.2, 0.25) is 0 Å². The minimum absolute atomic E-state index is 0.346. The maximum atomic E-state index is 10.5. The third kappa shape index (κ3) is 27.1.